The van der Waals surface area contributed by atoms with Crippen LogP contribution in [-0.2, 0) is 60.7 Å². The number of terminal acetylenes is 1. The Morgan fingerprint density at radius 1 is 0.495 bits per heavy atom. The summed E-state index contributed by atoms with van der Waals surface area (Å²) in [6, 6.07) is 38.7. The second-order valence-corrected chi connectivity index (χ2v) is 18.0. The highest BCUT2D eigenvalue weighted by molar-refractivity contribution is 5.87. The number of nitrogens with one attached hydrogen (secondary N) is 1. The topological polar surface area (TPSA) is 257 Å². The highest BCUT2D eigenvalue weighted by atomic mass is 19.1. The van der Waals surface area contributed by atoms with Gasteiger partial charge in [-0.05, 0) is 157 Å². The molecule has 470 valence electrons. The highest BCUT2D eigenvalue weighted by Crippen LogP contribution is 2.21. The minimum Gasteiger partial charge on any atom is -0.469 e. The number of ether oxygens (including phenoxy) is 5. The number of aryl methyl sites for hydroxylation is 1. The van der Waals surface area contributed by atoms with E-state index in [0.29, 0.717) is 23.6 Å². The molecule has 0 spiro atoms. The summed E-state index contributed by atoms with van der Waals surface area (Å²) in [5, 5.41) is 23.6. The molecule has 10 rings (SSSR count). The van der Waals surface area contributed by atoms with E-state index in [1.54, 1.807) is 125 Å². The summed E-state index contributed by atoms with van der Waals surface area (Å²) < 4.78 is 91.9. The minimum absolute atomic E-state index is 0.224. The average molecular weight is 1250 g/mol. The predicted octanol–water partition coefficient (Wildman–Crippen LogP) is 10.1. The van der Waals surface area contributed by atoms with Gasteiger partial charge in [0.25, 0.3) is 0 Å². The molecule has 0 aliphatic rings. The second kappa shape index (κ2) is 37.0. The van der Waals surface area contributed by atoms with Gasteiger partial charge in [-0.2, -0.15) is 25.5 Å². The van der Waals surface area contributed by atoms with Crippen LogP contribution in [0.3, 0.4) is 0 Å². The Kier molecular flexibility index (Phi) is 28.4. The van der Waals surface area contributed by atoms with Crippen LogP contribution in [0, 0.1) is 41.4 Å². The predicted molar refractivity (Wildman–Crippen MR) is 327 cm³/mol. The molecule has 5 heterocycles. The van der Waals surface area contributed by atoms with Gasteiger partial charge in [-0.15, -0.1) is 6.42 Å². The third-order valence-corrected chi connectivity index (χ3v) is 11.8. The summed E-state index contributed by atoms with van der Waals surface area (Å²) in [7, 11) is 6.49. The lowest BCUT2D eigenvalue weighted by Crippen LogP contribution is -2.35. The van der Waals surface area contributed by atoms with E-state index in [1.165, 1.54) is 130 Å². The molecule has 21 nitrogen and oxygen atoms in total. The third kappa shape index (κ3) is 24.4. The van der Waals surface area contributed by atoms with Gasteiger partial charge in [0.1, 0.15) is 35.1 Å². The van der Waals surface area contributed by atoms with Crippen LogP contribution in [-0.4, -0.2) is 121 Å². The van der Waals surface area contributed by atoms with Crippen molar-refractivity contribution in [2.45, 2.75) is 25.6 Å². The number of benzene rings is 5. The zero-order chi connectivity index (χ0) is 66.1. The lowest BCUT2D eigenvalue weighted by molar-refractivity contribution is -0.143. The molecule has 0 bridgehead atoms. The van der Waals surface area contributed by atoms with Crippen LogP contribution in [0.15, 0.2) is 195 Å². The lowest BCUT2D eigenvalue weighted by Gasteiger charge is -2.08. The molecule has 1 unspecified atom stereocenters. The molecule has 0 radical (unpaired) electrons. The van der Waals surface area contributed by atoms with E-state index in [0.717, 1.165) is 39.2 Å². The maximum absolute atomic E-state index is 12.8. The zero-order valence-electron chi connectivity index (χ0n) is 49.5. The van der Waals surface area contributed by atoms with Crippen molar-refractivity contribution in [1.29, 1.82) is 0 Å². The van der Waals surface area contributed by atoms with Crippen molar-refractivity contribution < 1.29 is 69.6 Å². The first-order valence-electron chi connectivity index (χ1n) is 26.8. The fourth-order valence-electron chi connectivity index (χ4n) is 7.14. The molecule has 1 atom stereocenters. The summed E-state index contributed by atoms with van der Waals surface area (Å²) in [4.78, 5) is 53.7. The van der Waals surface area contributed by atoms with Crippen molar-refractivity contribution in [2.75, 3.05) is 35.5 Å². The van der Waals surface area contributed by atoms with Crippen LogP contribution in [0.25, 0.3) is 68.7 Å². The van der Waals surface area contributed by atoms with Gasteiger partial charge in [0.2, 0.25) is 0 Å². The zero-order valence-corrected chi connectivity index (χ0v) is 49.5. The quantitative estimate of drug-likeness (QED) is 0.0242. The van der Waals surface area contributed by atoms with Crippen molar-refractivity contribution in [3.05, 3.63) is 224 Å². The van der Waals surface area contributed by atoms with Crippen LogP contribution >= 0.6 is 0 Å². The first kappa shape index (κ1) is 69.9. The Labute approximate surface area is 518 Å². The molecule has 3 N–H and O–H groups in total. The summed E-state index contributed by atoms with van der Waals surface area (Å²) >= 11 is 0. The molecule has 26 heteroatoms. The monoisotopic (exact) mass is 1250 g/mol. The number of aromatic amines is 1. The largest absolute Gasteiger partial charge is 0.469 e. The van der Waals surface area contributed by atoms with E-state index >= 15 is 0 Å². The van der Waals surface area contributed by atoms with Crippen LogP contribution in [0.1, 0.15) is 6.42 Å². The average Bonchev–Trinajstić information content (AvgIpc) is 3.06. The Morgan fingerprint density at radius 3 is 1.21 bits per heavy atom. The van der Waals surface area contributed by atoms with E-state index in [1.807, 2.05) is 12.1 Å². The summed E-state index contributed by atoms with van der Waals surface area (Å²) in [5.41, 5.74) is 13.6. The molecule has 10 aromatic rings. The maximum atomic E-state index is 12.8. The number of aromatic nitrogens is 10. The molecule has 5 aromatic heterocycles. The smallest absolute Gasteiger partial charge is 0.383 e. The number of esters is 5. The number of carbonyl (C=O) groups excluding carboxylic acids is 5. The number of nitrogens with zero attached hydrogens (tertiary/aromatic N) is 9. The second-order valence-electron chi connectivity index (χ2n) is 18.0. The number of hydrogen-bond acceptors (Lipinski definition) is 16. The molecule has 0 fully saturated rings. The van der Waals surface area contributed by atoms with Crippen molar-refractivity contribution >= 4 is 42.2 Å². The fraction of sp³-hybridized carbons (Fsp3) is 0.138. The molecule has 91 heavy (non-hydrogen) atoms. The Hall–Kier alpha value is -11.9. The SMILES string of the molecule is C#CC(=O)OC.COC(=O)/C=C/n1ccc(-c2ccc(F)cc2)n1.COC(=O)/C=C\n1ccc(-c2ccc(F)cc2)n1.COC(=O)C(N)Cn1ccc(-c2ccc(F)cc2)n1.COC(=O)CCn1ccc(-c2ccc(F)cc2)n1.Fc1ccc(-c2ccn[nH]2)cc1. The van der Waals surface area contributed by atoms with E-state index in [4.69, 9.17) is 5.73 Å². The molecule has 0 aliphatic carbocycles. The molecule has 0 saturated carbocycles. The normalized spacial score (nSPS) is 10.6. The number of nitrogens with two attached hydrogens (primary N) is 1. The third-order valence-electron chi connectivity index (χ3n) is 11.8. The van der Waals surface area contributed by atoms with Crippen molar-refractivity contribution in [1.82, 2.24) is 49.3 Å². The molecule has 0 aliphatic heterocycles. The first-order valence-corrected chi connectivity index (χ1v) is 26.8. The van der Waals surface area contributed by atoms with Gasteiger partial charge in [-0.3, -0.25) is 24.1 Å². The van der Waals surface area contributed by atoms with E-state index < -0.39 is 29.9 Å². The Morgan fingerprint density at radius 2 is 0.868 bits per heavy atom. The molecule has 0 amide bonds. The van der Waals surface area contributed by atoms with E-state index in [2.05, 4.69) is 60.7 Å². The molecule has 0 saturated heterocycles. The van der Waals surface area contributed by atoms with Crippen LogP contribution < -0.4 is 5.73 Å². The number of H-pyrrole nitrogens is 1. The summed E-state index contributed by atoms with van der Waals surface area (Å²) in [6.07, 6.45) is 18.9. The molecular weight excluding hydrogens is 1190 g/mol. The summed E-state index contributed by atoms with van der Waals surface area (Å²) in [5.74, 6) is -1.90. The number of methoxy groups -OCH3 is 5. The lowest BCUT2D eigenvalue weighted by atomic mass is 10.1. The number of halogens is 5. The fourth-order valence-corrected chi connectivity index (χ4v) is 7.14. The van der Waals surface area contributed by atoms with Crippen molar-refractivity contribution in [2.24, 2.45) is 5.73 Å². The van der Waals surface area contributed by atoms with Crippen molar-refractivity contribution in [3.63, 3.8) is 0 Å². The minimum atomic E-state index is -0.758. The van der Waals surface area contributed by atoms with Gasteiger partial charge in [0.05, 0.1) is 83.5 Å². The Bertz CT molecular complexity index is 3870. The van der Waals surface area contributed by atoms with Gasteiger partial charge >= 0.3 is 29.8 Å². The standard InChI is InChI=1S/C13H14FN3O2.C13H13FN2O2.2C13H11FN2O2.C9H7FN2.C4H4O2/c1-19-13(18)11(15)8-17-7-6-12(16-17)9-2-4-10(14)5-3-9;3*1-18-13(17)7-9-16-8-6-12(15-16)10-2-4-11(14)5-3-10;10-8-3-1-7(2-4-8)9-5-6-11-12-9;1-3-4(5)6-2/h2-7,11H,8,15H2,1H3;2-6,8H,7,9H2,1H3;2*2-9H,1H3;1-6H,(H,11,12);1H,2H3/b;;9-7+;9-7-;;. The summed E-state index contributed by atoms with van der Waals surface area (Å²) in [6.45, 7) is 0.696. The first-order chi connectivity index (χ1) is 43.8. The van der Waals surface area contributed by atoms with E-state index in [-0.39, 0.29) is 48.0 Å². The number of carbonyl (C=O) groups is 5. The molecular formula is C65H60F5N11O10. The van der Waals surface area contributed by atoms with Gasteiger partial charge in [-0.25, -0.2) is 45.7 Å². The van der Waals surface area contributed by atoms with Crippen LogP contribution in [0.2, 0.25) is 0 Å². The number of hydrogen-bond donors (Lipinski definition) is 2. The van der Waals surface area contributed by atoms with Gasteiger partial charge in [0.15, 0.2) is 0 Å². The van der Waals surface area contributed by atoms with Gasteiger partial charge in [0, 0.05) is 83.7 Å². The number of rotatable bonds is 15. The van der Waals surface area contributed by atoms with Crippen LogP contribution in [0.5, 0.6) is 0 Å². The van der Waals surface area contributed by atoms with Crippen LogP contribution in [0.4, 0.5) is 22.0 Å². The molecule has 5 aromatic carbocycles. The Balaban J connectivity index is 0.000000203. The van der Waals surface area contributed by atoms with Crippen molar-refractivity contribution in [3.8, 4) is 68.6 Å². The van der Waals surface area contributed by atoms with E-state index in [9.17, 15) is 45.9 Å². The highest BCUT2D eigenvalue weighted by Gasteiger charge is 2.15. The van der Waals surface area contributed by atoms with Gasteiger partial charge in [-0.1, -0.05) is 0 Å². The maximum Gasteiger partial charge on any atom is 0.383 e. The van der Waals surface area contributed by atoms with Gasteiger partial charge < -0.3 is 29.4 Å².